The Hall–Kier alpha value is -2.77. The van der Waals surface area contributed by atoms with Crippen LogP contribution in [0.1, 0.15) is 66.0 Å². The summed E-state index contributed by atoms with van der Waals surface area (Å²) in [5.74, 6) is 1.94. The van der Waals surface area contributed by atoms with Crippen LogP contribution in [0.2, 0.25) is 0 Å². The lowest BCUT2D eigenvalue weighted by molar-refractivity contribution is -1.01. The van der Waals surface area contributed by atoms with E-state index in [1.54, 1.807) is 33.1 Å². The van der Waals surface area contributed by atoms with Crippen LogP contribution < -0.4 is 15.1 Å². The molecular formula is C33H47N5O3S+2. The molecule has 1 saturated heterocycles. The van der Waals surface area contributed by atoms with Crippen molar-refractivity contribution in [1.29, 1.82) is 0 Å². The van der Waals surface area contributed by atoms with Crippen LogP contribution >= 0.6 is 11.3 Å². The largest absolute Gasteiger partial charge is 0.392 e. The lowest BCUT2D eigenvalue weighted by atomic mass is 9.53. The molecule has 2 heterocycles. The lowest BCUT2D eigenvalue weighted by Crippen LogP contribution is -3.26. The Morgan fingerprint density at radius 2 is 1.95 bits per heavy atom. The van der Waals surface area contributed by atoms with Crippen molar-refractivity contribution in [2.45, 2.75) is 58.6 Å². The number of terminal acetylenes is 1. The van der Waals surface area contributed by atoms with E-state index in [1.807, 2.05) is 19.1 Å². The highest BCUT2D eigenvalue weighted by Crippen LogP contribution is 2.57. The number of rotatable bonds is 7. The number of fused-ring (bicyclic) bond motifs is 2. The number of anilines is 1. The predicted molar refractivity (Wildman–Crippen MR) is 166 cm³/mol. The molecule has 0 radical (unpaired) electrons. The number of hydrogen-bond acceptors (Lipinski definition) is 5. The minimum absolute atomic E-state index is 0.0148. The second kappa shape index (κ2) is 12.5. The van der Waals surface area contributed by atoms with E-state index in [4.69, 9.17) is 11.4 Å². The number of piperazine rings is 1. The molecule has 0 bridgehead atoms. The first-order valence-corrected chi connectivity index (χ1v) is 16.2. The molecule has 9 heteroatoms. The van der Waals surface area contributed by atoms with Crippen molar-refractivity contribution in [1.82, 2.24) is 9.88 Å². The first-order chi connectivity index (χ1) is 20.0. The summed E-state index contributed by atoms with van der Waals surface area (Å²) in [5, 5.41) is 15.3. The van der Waals surface area contributed by atoms with E-state index >= 15 is 0 Å². The monoisotopic (exact) mass is 593 g/mol. The number of carbonyl (C=O) groups is 2. The van der Waals surface area contributed by atoms with E-state index < -0.39 is 6.10 Å². The molecule has 4 N–H and O–H groups in total. The van der Waals surface area contributed by atoms with Gasteiger partial charge in [-0.25, -0.2) is 4.98 Å². The summed E-state index contributed by atoms with van der Waals surface area (Å²) in [6.45, 7) is 12.3. The highest BCUT2D eigenvalue weighted by molar-refractivity contribution is 7.15. The van der Waals surface area contributed by atoms with Gasteiger partial charge in [0, 0.05) is 34.9 Å². The Labute approximate surface area is 254 Å². The van der Waals surface area contributed by atoms with Crippen molar-refractivity contribution in [3.05, 3.63) is 46.0 Å². The predicted octanol–water partition coefficient (Wildman–Crippen LogP) is 1.09. The molecule has 0 spiro atoms. The van der Waals surface area contributed by atoms with Crippen molar-refractivity contribution in [2.24, 2.45) is 23.2 Å². The molecule has 5 rings (SSSR count). The zero-order valence-electron chi connectivity index (χ0n) is 25.7. The number of aliphatic hydroxyl groups is 1. The van der Waals surface area contributed by atoms with Crippen LogP contribution in [0, 0.1) is 35.5 Å². The molecule has 1 aliphatic heterocycles. The number of nitrogens with one attached hydrogen (secondary N) is 3. The van der Waals surface area contributed by atoms with Crippen LogP contribution in [0.4, 0.5) is 5.13 Å². The maximum atomic E-state index is 13.2. The van der Waals surface area contributed by atoms with E-state index in [1.165, 1.54) is 36.6 Å². The summed E-state index contributed by atoms with van der Waals surface area (Å²) in [5.41, 5.74) is 2.76. The Kier molecular flexibility index (Phi) is 9.10. The Morgan fingerprint density at radius 3 is 2.62 bits per heavy atom. The number of quaternary nitrogens is 2. The standard InChI is InChI=1S/C33H45N5O3S/c1-7-14-37(6)31(41)21(2)25-12-13-33(4)19-26-28(22(3)27(33)29(25)39)34-32(42-26)35-30(40)24-10-8-23(9-11-24)20-38-17-15-36(5)16-18-38/h1,8-11,21-22,25,27,29,39H,12-20H2,2-6H3,(H,34,35,40)/p+2/t21-,22-,25+,27+,29-,33+/m0/s1. The maximum Gasteiger partial charge on any atom is 0.257 e. The fraction of sp³-hybridized carbons (Fsp3) is 0.606. The SMILES string of the molecule is C#CCN(C)C(=O)[C@@H](C)[C@H]1CC[C@]2(C)Cc3sc(NC(=O)c4ccc(C[NH+]5CC[NH+](C)CC5)cc4)nc3[C@@H](C)[C@@H]2[C@H]1O. The summed E-state index contributed by atoms with van der Waals surface area (Å²) in [6.07, 6.45) is 7.35. The summed E-state index contributed by atoms with van der Waals surface area (Å²) >= 11 is 1.56. The van der Waals surface area contributed by atoms with Gasteiger partial charge in [0.05, 0.1) is 25.4 Å². The number of likely N-dealkylation sites (N-methyl/N-ethyl adjacent to an activating group) is 1. The fourth-order valence-corrected chi connectivity index (χ4v) is 9.04. The van der Waals surface area contributed by atoms with E-state index in [2.05, 4.69) is 44.3 Å². The number of hydrogen-bond donors (Lipinski definition) is 4. The summed E-state index contributed by atoms with van der Waals surface area (Å²) in [7, 11) is 3.98. The molecule has 3 aliphatic rings. The number of thiazole rings is 1. The van der Waals surface area contributed by atoms with Gasteiger partial charge in [-0.1, -0.05) is 38.8 Å². The number of benzene rings is 1. The summed E-state index contributed by atoms with van der Waals surface area (Å²) in [6, 6.07) is 7.97. The van der Waals surface area contributed by atoms with E-state index in [9.17, 15) is 14.7 Å². The minimum Gasteiger partial charge on any atom is -0.392 e. The molecule has 0 unspecified atom stereocenters. The second-order valence-corrected chi connectivity index (χ2v) is 14.5. The Bertz CT molecular complexity index is 1330. The average molecular weight is 594 g/mol. The van der Waals surface area contributed by atoms with Crippen molar-refractivity contribution in [2.75, 3.05) is 52.1 Å². The van der Waals surface area contributed by atoms with E-state index in [0.29, 0.717) is 10.7 Å². The minimum atomic E-state index is -0.614. The van der Waals surface area contributed by atoms with E-state index in [0.717, 1.165) is 31.5 Å². The molecule has 2 fully saturated rings. The van der Waals surface area contributed by atoms with Crippen molar-refractivity contribution in [3.63, 3.8) is 0 Å². The average Bonchev–Trinajstić information content (AvgIpc) is 3.35. The zero-order chi connectivity index (χ0) is 30.2. The number of carbonyl (C=O) groups excluding carboxylic acids is 2. The van der Waals surface area contributed by atoms with Gasteiger partial charge >= 0.3 is 0 Å². The van der Waals surface area contributed by atoms with Crippen LogP contribution in [-0.2, 0) is 17.8 Å². The lowest BCUT2D eigenvalue weighted by Gasteiger charge is -2.53. The molecule has 2 aromatic rings. The molecule has 226 valence electrons. The topological polar surface area (TPSA) is 91.4 Å². The maximum absolute atomic E-state index is 13.2. The van der Waals surface area contributed by atoms with Gasteiger partial charge in [-0.2, -0.15) is 0 Å². The molecule has 6 atom stereocenters. The highest BCUT2D eigenvalue weighted by atomic mass is 32.1. The van der Waals surface area contributed by atoms with E-state index in [-0.39, 0.29) is 47.4 Å². The third kappa shape index (κ3) is 6.14. The smallest absolute Gasteiger partial charge is 0.257 e. The zero-order valence-corrected chi connectivity index (χ0v) is 26.5. The van der Waals surface area contributed by atoms with Gasteiger partial charge < -0.3 is 19.8 Å². The molecule has 2 aliphatic carbocycles. The molecule has 1 aromatic heterocycles. The van der Waals surface area contributed by atoms with Crippen LogP contribution in [0.25, 0.3) is 0 Å². The normalized spacial score (nSPS) is 31.3. The number of aromatic nitrogens is 1. The Morgan fingerprint density at radius 1 is 1.26 bits per heavy atom. The van der Waals surface area contributed by atoms with Crippen molar-refractivity contribution < 1.29 is 24.5 Å². The second-order valence-electron chi connectivity index (χ2n) is 13.4. The summed E-state index contributed by atoms with van der Waals surface area (Å²) < 4.78 is 0. The molecule has 1 saturated carbocycles. The van der Waals surface area contributed by atoms with Crippen LogP contribution in [-0.4, -0.2) is 79.7 Å². The third-order valence-corrected chi connectivity index (χ3v) is 11.3. The van der Waals surface area contributed by atoms with Gasteiger partial charge in [-0.15, -0.1) is 17.8 Å². The third-order valence-electron chi connectivity index (χ3n) is 10.4. The molecule has 1 aromatic carbocycles. The van der Waals surface area contributed by atoms with Gasteiger partial charge in [0.1, 0.15) is 32.7 Å². The van der Waals surface area contributed by atoms with Gasteiger partial charge in [0.15, 0.2) is 5.13 Å². The van der Waals surface area contributed by atoms with Crippen molar-refractivity contribution in [3.8, 4) is 12.3 Å². The quantitative estimate of drug-likeness (QED) is 0.362. The van der Waals surface area contributed by atoms with Crippen LogP contribution in [0.5, 0.6) is 0 Å². The van der Waals surface area contributed by atoms with Gasteiger partial charge in [-0.3, -0.25) is 14.9 Å². The molecule has 8 nitrogen and oxygen atoms in total. The number of aliphatic hydroxyl groups excluding tert-OH is 1. The number of amides is 2. The number of nitrogens with zero attached hydrogens (tertiary/aromatic N) is 2. The van der Waals surface area contributed by atoms with Gasteiger partial charge in [0.25, 0.3) is 5.91 Å². The summed E-state index contributed by atoms with van der Waals surface area (Å²) in [4.78, 5) is 37.0. The van der Waals surface area contributed by atoms with Crippen LogP contribution in [0.3, 0.4) is 0 Å². The van der Waals surface area contributed by atoms with Gasteiger partial charge in [0.2, 0.25) is 5.91 Å². The fourth-order valence-electron chi connectivity index (χ4n) is 7.78. The first-order valence-electron chi connectivity index (χ1n) is 15.4. The highest BCUT2D eigenvalue weighted by Gasteiger charge is 2.54. The molecule has 2 amide bonds. The van der Waals surface area contributed by atoms with Crippen LogP contribution in [0.15, 0.2) is 24.3 Å². The van der Waals surface area contributed by atoms with Gasteiger partial charge in [-0.05, 0) is 48.6 Å². The van der Waals surface area contributed by atoms with Crippen molar-refractivity contribution >= 4 is 28.3 Å². The molecular weight excluding hydrogens is 546 g/mol. The Balaban J connectivity index is 1.25. The molecule has 42 heavy (non-hydrogen) atoms. The first kappa shape index (κ1) is 30.7.